The number of hydrogen-bond donors (Lipinski definition) is 2. The van der Waals surface area contributed by atoms with Gasteiger partial charge >= 0.3 is 0 Å². The topological polar surface area (TPSA) is 98.3 Å². The highest BCUT2D eigenvalue weighted by Gasteiger charge is 2.24. The molecule has 3 N–H and O–H groups in total. The highest BCUT2D eigenvalue weighted by Crippen LogP contribution is 2.26. The molecule has 0 aromatic heterocycles. The Morgan fingerprint density at radius 1 is 1.30 bits per heavy atom. The number of halogens is 1. The minimum absolute atomic E-state index is 0. The lowest BCUT2D eigenvalue weighted by atomic mass is 9.84. The number of nitrogens with two attached hydrogens (primary N) is 1. The Hall–Kier alpha value is -1.66. The summed E-state index contributed by atoms with van der Waals surface area (Å²) in [7, 11) is 0. The minimum atomic E-state index is -0.454. The third-order valence-corrected chi connectivity index (χ3v) is 4.36. The lowest BCUT2D eigenvalue weighted by Gasteiger charge is -2.30. The Labute approximate surface area is 142 Å². The SMILES string of the molecule is Cl.NCC(NC(=O)Cc1ccccc1[N+](=O)[O-])C1CCCCC1. The zero-order valence-electron chi connectivity index (χ0n) is 13.1. The van der Waals surface area contributed by atoms with Crippen LogP contribution in [-0.2, 0) is 11.2 Å². The van der Waals surface area contributed by atoms with Crippen LogP contribution >= 0.6 is 12.4 Å². The quantitative estimate of drug-likeness (QED) is 0.613. The maximum absolute atomic E-state index is 12.2. The van der Waals surface area contributed by atoms with Gasteiger partial charge in [0.2, 0.25) is 5.91 Å². The number of hydrogen-bond acceptors (Lipinski definition) is 4. The maximum atomic E-state index is 12.2. The van der Waals surface area contributed by atoms with E-state index in [1.165, 1.54) is 25.3 Å². The number of nitrogens with zero attached hydrogens (tertiary/aromatic N) is 1. The van der Waals surface area contributed by atoms with E-state index in [1.54, 1.807) is 18.2 Å². The molecule has 1 aromatic rings. The second-order valence-corrected chi connectivity index (χ2v) is 5.87. The van der Waals surface area contributed by atoms with E-state index in [1.807, 2.05) is 0 Å². The van der Waals surface area contributed by atoms with Crippen molar-refractivity contribution >= 4 is 24.0 Å². The summed E-state index contributed by atoms with van der Waals surface area (Å²) >= 11 is 0. The smallest absolute Gasteiger partial charge is 0.273 e. The predicted molar refractivity (Wildman–Crippen MR) is 91.6 cm³/mol. The standard InChI is InChI=1S/C16H23N3O3.ClH/c17-11-14(12-6-2-1-3-7-12)18-16(20)10-13-8-4-5-9-15(13)19(21)22;/h4-5,8-9,12,14H,1-3,6-7,10-11,17H2,(H,18,20);1H. The molecule has 0 aliphatic heterocycles. The summed E-state index contributed by atoms with van der Waals surface area (Å²) < 4.78 is 0. The fourth-order valence-electron chi connectivity index (χ4n) is 3.17. The van der Waals surface area contributed by atoms with Crippen molar-refractivity contribution in [2.75, 3.05) is 6.54 Å². The number of nitro groups is 1. The first kappa shape index (κ1) is 19.4. The number of amides is 1. The van der Waals surface area contributed by atoms with Gasteiger partial charge in [0.25, 0.3) is 5.69 Å². The number of nitrogens with one attached hydrogen (secondary N) is 1. The molecule has 1 amide bonds. The number of carbonyl (C=O) groups excluding carboxylic acids is 1. The summed E-state index contributed by atoms with van der Waals surface area (Å²) in [5.41, 5.74) is 6.22. The van der Waals surface area contributed by atoms with Crippen LogP contribution in [0.5, 0.6) is 0 Å². The molecule has 0 saturated heterocycles. The summed E-state index contributed by atoms with van der Waals surface area (Å²) in [4.78, 5) is 22.7. The maximum Gasteiger partial charge on any atom is 0.273 e. The van der Waals surface area contributed by atoms with Crippen LogP contribution in [0.4, 0.5) is 5.69 Å². The summed E-state index contributed by atoms with van der Waals surface area (Å²) in [6.45, 7) is 0.410. The van der Waals surface area contributed by atoms with Gasteiger partial charge in [0, 0.05) is 24.2 Å². The van der Waals surface area contributed by atoms with Gasteiger partial charge in [0.1, 0.15) is 0 Å². The zero-order chi connectivity index (χ0) is 15.9. The molecule has 6 nitrogen and oxygen atoms in total. The molecule has 1 aliphatic carbocycles. The van der Waals surface area contributed by atoms with Crippen LogP contribution in [0.25, 0.3) is 0 Å². The molecule has 1 atom stereocenters. The first-order valence-electron chi connectivity index (χ1n) is 7.83. The van der Waals surface area contributed by atoms with Crippen LogP contribution < -0.4 is 11.1 Å². The van der Waals surface area contributed by atoms with E-state index in [0.717, 1.165) is 12.8 Å². The molecular weight excluding hydrogens is 318 g/mol. The Morgan fingerprint density at radius 2 is 1.96 bits per heavy atom. The fourth-order valence-corrected chi connectivity index (χ4v) is 3.17. The summed E-state index contributed by atoms with van der Waals surface area (Å²) in [6, 6.07) is 6.32. The van der Waals surface area contributed by atoms with Crippen molar-refractivity contribution in [2.45, 2.75) is 44.6 Å². The summed E-state index contributed by atoms with van der Waals surface area (Å²) in [5.74, 6) is 0.226. The minimum Gasteiger partial charge on any atom is -0.352 e. The lowest BCUT2D eigenvalue weighted by molar-refractivity contribution is -0.385. The Bertz CT molecular complexity index is 533. The molecule has 0 heterocycles. The van der Waals surface area contributed by atoms with Crippen molar-refractivity contribution in [3.63, 3.8) is 0 Å². The van der Waals surface area contributed by atoms with Gasteiger partial charge in [-0.2, -0.15) is 0 Å². The van der Waals surface area contributed by atoms with Gasteiger partial charge < -0.3 is 11.1 Å². The fraction of sp³-hybridized carbons (Fsp3) is 0.562. The van der Waals surface area contributed by atoms with Gasteiger partial charge in [-0.1, -0.05) is 37.5 Å². The van der Waals surface area contributed by atoms with Gasteiger partial charge in [0.15, 0.2) is 0 Å². The van der Waals surface area contributed by atoms with Gasteiger partial charge in [-0.15, -0.1) is 12.4 Å². The highest BCUT2D eigenvalue weighted by atomic mass is 35.5. The zero-order valence-corrected chi connectivity index (χ0v) is 13.9. The van der Waals surface area contributed by atoms with Crippen molar-refractivity contribution < 1.29 is 9.72 Å². The van der Waals surface area contributed by atoms with Gasteiger partial charge in [0.05, 0.1) is 11.3 Å². The van der Waals surface area contributed by atoms with E-state index in [4.69, 9.17) is 5.73 Å². The highest BCUT2D eigenvalue weighted by molar-refractivity contribution is 5.85. The molecule has 1 saturated carbocycles. The number of benzene rings is 1. The number of para-hydroxylation sites is 1. The first-order valence-corrected chi connectivity index (χ1v) is 7.83. The molecular formula is C16H24ClN3O3. The van der Waals surface area contributed by atoms with Crippen LogP contribution in [-0.4, -0.2) is 23.4 Å². The molecule has 7 heteroatoms. The van der Waals surface area contributed by atoms with Crippen molar-refractivity contribution in [3.05, 3.63) is 39.9 Å². The first-order chi connectivity index (χ1) is 10.6. The van der Waals surface area contributed by atoms with E-state index in [-0.39, 0.29) is 36.5 Å². The van der Waals surface area contributed by atoms with Crippen molar-refractivity contribution in [1.29, 1.82) is 0 Å². The molecule has 128 valence electrons. The van der Waals surface area contributed by atoms with E-state index in [0.29, 0.717) is 18.0 Å². The second kappa shape index (κ2) is 9.47. The number of carbonyl (C=O) groups is 1. The molecule has 1 aromatic carbocycles. The normalized spacial score (nSPS) is 16.2. The summed E-state index contributed by atoms with van der Waals surface area (Å²) in [6.07, 6.45) is 5.81. The molecule has 0 spiro atoms. The van der Waals surface area contributed by atoms with Gasteiger partial charge in [-0.25, -0.2) is 0 Å². The third-order valence-electron chi connectivity index (χ3n) is 4.36. The third kappa shape index (κ3) is 5.48. The van der Waals surface area contributed by atoms with Crippen LogP contribution in [0.2, 0.25) is 0 Å². The van der Waals surface area contributed by atoms with Crippen LogP contribution in [0.3, 0.4) is 0 Å². The van der Waals surface area contributed by atoms with Crippen LogP contribution in [0.15, 0.2) is 24.3 Å². The van der Waals surface area contributed by atoms with E-state index in [9.17, 15) is 14.9 Å². The van der Waals surface area contributed by atoms with Crippen LogP contribution in [0.1, 0.15) is 37.7 Å². The van der Waals surface area contributed by atoms with E-state index >= 15 is 0 Å². The molecule has 23 heavy (non-hydrogen) atoms. The monoisotopic (exact) mass is 341 g/mol. The lowest BCUT2D eigenvalue weighted by Crippen LogP contribution is -2.46. The average molecular weight is 342 g/mol. The molecule has 1 unspecified atom stereocenters. The molecule has 2 rings (SSSR count). The van der Waals surface area contributed by atoms with E-state index < -0.39 is 4.92 Å². The Kier molecular flexibility index (Phi) is 7.98. The average Bonchev–Trinajstić information content (AvgIpc) is 2.53. The summed E-state index contributed by atoms with van der Waals surface area (Å²) in [5, 5.41) is 13.9. The van der Waals surface area contributed by atoms with Crippen molar-refractivity contribution in [3.8, 4) is 0 Å². The van der Waals surface area contributed by atoms with E-state index in [2.05, 4.69) is 5.32 Å². The van der Waals surface area contributed by atoms with Gasteiger partial charge in [-0.3, -0.25) is 14.9 Å². The van der Waals surface area contributed by atoms with Crippen molar-refractivity contribution in [2.24, 2.45) is 11.7 Å². The number of nitro benzene ring substituents is 1. The molecule has 1 fully saturated rings. The Balaban J connectivity index is 0.00000264. The van der Waals surface area contributed by atoms with Crippen molar-refractivity contribution in [1.82, 2.24) is 5.32 Å². The largest absolute Gasteiger partial charge is 0.352 e. The predicted octanol–water partition coefficient (Wildman–Crippen LogP) is 2.58. The second-order valence-electron chi connectivity index (χ2n) is 5.87. The molecule has 0 bridgehead atoms. The molecule has 1 aliphatic rings. The van der Waals surface area contributed by atoms with Gasteiger partial charge in [-0.05, 0) is 18.8 Å². The molecule has 0 radical (unpaired) electrons. The van der Waals surface area contributed by atoms with Crippen LogP contribution in [0, 0.1) is 16.0 Å². The number of rotatable bonds is 6. The Morgan fingerprint density at radius 3 is 2.57 bits per heavy atom.